The van der Waals surface area contributed by atoms with Gasteiger partial charge in [-0.1, -0.05) is 19.8 Å². The van der Waals surface area contributed by atoms with Crippen LogP contribution in [0.4, 0.5) is 0 Å². The zero-order valence-electron chi connectivity index (χ0n) is 16.5. The van der Waals surface area contributed by atoms with E-state index in [2.05, 4.69) is 20.2 Å². The van der Waals surface area contributed by atoms with Crippen LogP contribution in [-0.2, 0) is 27.9 Å². The molecule has 0 unspecified atom stereocenters. The highest BCUT2D eigenvalue weighted by molar-refractivity contribution is 7.89. The van der Waals surface area contributed by atoms with Gasteiger partial charge >= 0.3 is 5.97 Å². The highest BCUT2D eigenvalue weighted by Gasteiger charge is 2.27. The van der Waals surface area contributed by atoms with Crippen LogP contribution < -0.4 is 9.46 Å². The molecule has 0 bridgehead atoms. The van der Waals surface area contributed by atoms with Crippen molar-refractivity contribution in [1.29, 1.82) is 0 Å². The van der Waals surface area contributed by atoms with Crippen molar-refractivity contribution >= 4 is 16.0 Å². The predicted octanol–water partition coefficient (Wildman–Crippen LogP) is 1.67. The van der Waals surface area contributed by atoms with Gasteiger partial charge in [0, 0.05) is 12.6 Å². The Balaban J connectivity index is 1.76. The fourth-order valence-corrected chi connectivity index (χ4v) is 4.77. The summed E-state index contributed by atoms with van der Waals surface area (Å²) in [5.41, 5.74) is 0.104. The quantitative estimate of drug-likeness (QED) is 0.604. The minimum absolute atomic E-state index is 0.0860. The van der Waals surface area contributed by atoms with Crippen molar-refractivity contribution in [3.8, 4) is 5.75 Å². The molecule has 3 rings (SSSR count). The number of aryl methyl sites for hydroxylation is 1. The van der Waals surface area contributed by atoms with E-state index in [1.807, 2.05) is 6.92 Å². The minimum Gasteiger partial charge on any atom is -0.495 e. The fourth-order valence-electron chi connectivity index (χ4n) is 3.27. The van der Waals surface area contributed by atoms with Gasteiger partial charge in [-0.05, 0) is 47.9 Å². The lowest BCUT2D eigenvalue weighted by Gasteiger charge is -2.15. The first-order chi connectivity index (χ1) is 13.9. The Labute approximate surface area is 169 Å². The van der Waals surface area contributed by atoms with E-state index in [-0.39, 0.29) is 28.9 Å². The lowest BCUT2D eigenvalue weighted by Crippen LogP contribution is -2.33. The van der Waals surface area contributed by atoms with Gasteiger partial charge in [0.25, 0.3) is 0 Å². The van der Waals surface area contributed by atoms with E-state index in [0.717, 1.165) is 32.1 Å². The third kappa shape index (κ3) is 5.10. The maximum atomic E-state index is 12.8. The van der Waals surface area contributed by atoms with E-state index in [1.165, 1.54) is 25.3 Å². The molecule has 11 heteroatoms. The van der Waals surface area contributed by atoms with Crippen LogP contribution in [0.3, 0.4) is 0 Å². The average molecular weight is 423 g/mol. The van der Waals surface area contributed by atoms with E-state index >= 15 is 0 Å². The molecule has 1 aliphatic rings. The van der Waals surface area contributed by atoms with Gasteiger partial charge < -0.3 is 9.47 Å². The lowest BCUT2D eigenvalue weighted by atomic mass is 10.2. The molecule has 1 aliphatic carbocycles. The number of benzene rings is 1. The molecule has 1 saturated carbocycles. The first kappa shape index (κ1) is 21.2. The number of methoxy groups -OCH3 is 1. The van der Waals surface area contributed by atoms with Crippen LogP contribution in [-0.4, -0.2) is 47.7 Å². The standard InChI is InChI=1S/C18H25N5O5S/c1-3-10-23-17(19-21-22-23)12-28-18(24)13-8-9-15(27-2)16(11-13)29(25,26)20-14-6-4-5-7-14/h8-9,11,14,20H,3-7,10,12H2,1-2H3. The Morgan fingerprint density at radius 1 is 1.31 bits per heavy atom. The monoisotopic (exact) mass is 423 g/mol. The second-order valence-corrected chi connectivity index (χ2v) is 8.55. The van der Waals surface area contributed by atoms with Gasteiger partial charge in [0.05, 0.1) is 12.7 Å². The number of aromatic nitrogens is 4. The summed E-state index contributed by atoms with van der Waals surface area (Å²) in [5.74, 6) is -0.0839. The number of sulfonamides is 1. The number of nitrogens with zero attached hydrogens (tertiary/aromatic N) is 4. The number of carbonyl (C=O) groups excluding carboxylic acids is 1. The molecule has 29 heavy (non-hydrogen) atoms. The molecule has 1 N–H and O–H groups in total. The third-order valence-electron chi connectivity index (χ3n) is 4.74. The van der Waals surface area contributed by atoms with Crippen LogP contribution in [0.2, 0.25) is 0 Å². The minimum atomic E-state index is -3.83. The number of hydrogen-bond donors (Lipinski definition) is 1. The second-order valence-electron chi connectivity index (χ2n) is 6.86. The molecule has 1 aromatic carbocycles. The second kappa shape index (κ2) is 9.31. The molecule has 0 saturated heterocycles. The van der Waals surface area contributed by atoms with Crippen molar-refractivity contribution in [3.05, 3.63) is 29.6 Å². The SMILES string of the molecule is CCCn1nnnc1COC(=O)c1ccc(OC)c(S(=O)(=O)NC2CCCC2)c1. The average Bonchev–Trinajstić information content (AvgIpc) is 3.37. The number of tetrazole rings is 1. The van der Waals surface area contributed by atoms with E-state index < -0.39 is 16.0 Å². The largest absolute Gasteiger partial charge is 0.495 e. The van der Waals surface area contributed by atoms with E-state index in [9.17, 15) is 13.2 Å². The van der Waals surface area contributed by atoms with Crippen molar-refractivity contribution in [1.82, 2.24) is 24.9 Å². The van der Waals surface area contributed by atoms with Crippen molar-refractivity contribution < 1.29 is 22.7 Å². The number of rotatable bonds is 9. The van der Waals surface area contributed by atoms with Gasteiger partial charge in [0.15, 0.2) is 12.4 Å². The van der Waals surface area contributed by atoms with Gasteiger partial charge in [0.1, 0.15) is 10.6 Å². The van der Waals surface area contributed by atoms with Crippen molar-refractivity contribution in [2.24, 2.45) is 0 Å². The molecular weight excluding hydrogens is 398 g/mol. The van der Waals surface area contributed by atoms with Gasteiger partial charge in [0.2, 0.25) is 10.0 Å². The zero-order chi connectivity index (χ0) is 20.9. The van der Waals surface area contributed by atoms with Crippen LogP contribution in [0, 0.1) is 0 Å². The molecule has 1 fully saturated rings. The Hall–Kier alpha value is -2.53. The van der Waals surface area contributed by atoms with E-state index in [1.54, 1.807) is 4.68 Å². The third-order valence-corrected chi connectivity index (χ3v) is 6.28. The maximum absolute atomic E-state index is 12.8. The van der Waals surface area contributed by atoms with E-state index in [0.29, 0.717) is 12.4 Å². The fraction of sp³-hybridized carbons (Fsp3) is 0.556. The molecule has 2 aromatic rings. The van der Waals surface area contributed by atoms with Crippen molar-refractivity contribution in [2.75, 3.05) is 7.11 Å². The predicted molar refractivity (Wildman–Crippen MR) is 103 cm³/mol. The molecular formula is C18H25N5O5S. The lowest BCUT2D eigenvalue weighted by molar-refractivity contribution is 0.0456. The summed E-state index contributed by atoms with van der Waals surface area (Å²) in [6.45, 7) is 2.48. The molecule has 0 amide bonds. The summed E-state index contributed by atoms with van der Waals surface area (Å²) in [4.78, 5) is 12.4. The molecule has 1 heterocycles. The Morgan fingerprint density at radius 3 is 2.76 bits per heavy atom. The molecule has 10 nitrogen and oxygen atoms in total. The summed E-state index contributed by atoms with van der Waals surface area (Å²) in [6, 6.07) is 4.08. The molecule has 0 aliphatic heterocycles. The summed E-state index contributed by atoms with van der Waals surface area (Å²) < 4.78 is 40.4. The van der Waals surface area contributed by atoms with Gasteiger partial charge in [-0.15, -0.1) is 5.10 Å². The summed E-state index contributed by atoms with van der Waals surface area (Å²) >= 11 is 0. The van der Waals surface area contributed by atoms with E-state index in [4.69, 9.17) is 9.47 Å². The van der Waals surface area contributed by atoms with Gasteiger partial charge in [-0.25, -0.2) is 22.6 Å². The van der Waals surface area contributed by atoms with Crippen LogP contribution in [0.25, 0.3) is 0 Å². The van der Waals surface area contributed by atoms with Crippen LogP contribution in [0.15, 0.2) is 23.1 Å². The topological polar surface area (TPSA) is 125 Å². The molecule has 158 valence electrons. The van der Waals surface area contributed by atoms with Crippen molar-refractivity contribution in [3.63, 3.8) is 0 Å². The Morgan fingerprint density at radius 2 is 2.07 bits per heavy atom. The normalized spacial score (nSPS) is 14.8. The molecule has 0 radical (unpaired) electrons. The van der Waals surface area contributed by atoms with Crippen LogP contribution >= 0.6 is 0 Å². The summed E-state index contributed by atoms with van der Waals surface area (Å²) in [7, 11) is -2.45. The Bertz CT molecular complexity index is 953. The molecule has 0 spiro atoms. The first-order valence-electron chi connectivity index (χ1n) is 9.57. The number of hydrogen-bond acceptors (Lipinski definition) is 8. The highest BCUT2D eigenvalue weighted by atomic mass is 32.2. The summed E-state index contributed by atoms with van der Waals surface area (Å²) in [5, 5.41) is 11.3. The number of ether oxygens (including phenoxy) is 2. The van der Waals surface area contributed by atoms with Gasteiger partial charge in [-0.3, -0.25) is 0 Å². The molecule has 0 atom stereocenters. The summed E-state index contributed by atoms with van der Waals surface area (Å²) in [6.07, 6.45) is 4.42. The number of esters is 1. The van der Waals surface area contributed by atoms with Crippen LogP contribution in [0.1, 0.15) is 55.2 Å². The maximum Gasteiger partial charge on any atom is 0.338 e. The molecule has 1 aromatic heterocycles. The van der Waals surface area contributed by atoms with Crippen LogP contribution in [0.5, 0.6) is 5.75 Å². The number of nitrogens with one attached hydrogen (secondary N) is 1. The van der Waals surface area contributed by atoms with Gasteiger partial charge in [-0.2, -0.15) is 0 Å². The first-order valence-corrected chi connectivity index (χ1v) is 11.1. The Kier molecular flexibility index (Phi) is 6.80. The zero-order valence-corrected chi connectivity index (χ0v) is 17.3. The smallest absolute Gasteiger partial charge is 0.338 e. The highest BCUT2D eigenvalue weighted by Crippen LogP contribution is 2.27. The number of carbonyl (C=O) groups is 1. The van der Waals surface area contributed by atoms with Crippen molar-refractivity contribution in [2.45, 2.75) is 63.1 Å².